The molecule has 1 amide bonds. The highest BCUT2D eigenvalue weighted by Crippen LogP contribution is 2.23. The van der Waals surface area contributed by atoms with Crippen molar-refractivity contribution in [1.82, 2.24) is 14.1 Å². The molecule has 9 heteroatoms. The number of aromatic nitrogens is 2. The Balaban J connectivity index is 1.73. The van der Waals surface area contributed by atoms with Crippen molar-refractivity contribution in [3.63, 3.8) is 0 Å². The lowest BCUT2D eigenvalue weighted by atomic mass is 10.2. The molecule has 1 fully saturated rings. The molecule has 0 bridgehead atoms. The molecule has 1 aromatic heterocycles. The summed E-state index contributed by atoms with van der Waals surface area (Å²) in [5.41, 5.74) is 1.80. The summed E-state index contributed by atoms with van der Waals surface area (Å²) in [6.45, 7) is 2.87. The molecule has 1 aliphatic rings. The number of hydrogen-bond donors (Lipinski definition) is 1. The van der Waals surface area contributed by atoms with Crippen molar-refractivity contribution < 1.29 is 13.2 Å². The van der Waals surface area contributed by atoms with Gasteiger partial charge in [0.15, 0.2) is 0 Å². The number of nitrogens with zero attached hydrogens (tertiary/aromatic N) is 3. The molecule has 1 aromatic carbocycles. The summed E-state index contributed by atoms with van der Waals surface area (Å²) in [5, 5.41) is 7.32. The minimum Gasteiger partial charge on any atom is -0.322 e. The second-order valence-corrected chi connectivity index (χ2v) is 9.02. The van der Waals surface area contributed by atoms with Crippen molar-refractivity contribution in [2.24, 2.45) is 7.05 Å². The maximum atomic E-state index is 12.8. The van der Waals surface area contributed by atoms with Crippen LogP contribution in [0.15, 0.2) is 35.2 Å². The number of rotatable bonds is 5. The van der Waals surface area contributed by atoms with E-state index in [4.69, 9.17) is 11.6 Å². The summed E-state index contributed by atoms with van der Waals surface area (Å²) in [6, 6.07) is 6.31. The Hall–Kier alpha value is -2.16. The van der Waals surface area contributed by atoms with E-state index in [2.05, 4.69) is 10.4 Å². The van der Waals surface area contributed by atoms with E-state index < -0.39 is 10.0 Å². The fourth-order valence-electron chi connectivity index (χ4n) is 3.17. The predicted molar refractivity (Wildman–Crippen MR) is 110 cm³/mol. The zero-order valence-corrected chi connectivity index (χ0v) is 17.4. The van der Waals surface area contributed by atoms with Gasteiger partial charge in [0.25, 0.3) is 0 Å². The van der Waals surface area contributed by atoms with Gasteiger partial charge >= 0.3 is 0 Å². The molecule has 28 heavy (non-hydrogen) atoms. The quantitative estimate of drug-likeness (QED) is 0.750. The standard InChI is InChI=1S/C19H23ClN4O3S/c1-14-17(19(20)23(2)22-14)9-10-18(25)21-15-7-6-8-16(13-15)28(26,27)24-11-4-3-5-12-24/h6-10,13H,3-5,11-12H2,1-2H3,(H,21,25)/b10-9+. The summed E-state index contributed by atoms with van der Waals surface area (Å²) < 4.78 is 28.6. The number of carbonyl (C=O) groups excluding carboxylic acids is 1. The summed E-state index contributed by atoms with van der Waals surface area (Å²) in [5.74, 6) is -0.383. The first kappa shape index (κ1) is 20.6. The van der Waals surface area contributed by atoms with E-state index in [0.29, 0.717) is 35.2 Å². The molecule has 0 atom stereocenters. The molecule has 2 aromatic rings. The van der Waals surface area contributed by atoms with Gasteiger partial charge in [-0.3, -0.25) is 9.48 Å². The lowest BCUT2D eigenvalue weighted by Crippen LogP contribution is -2.35. The first-order chi connectivity index (χ1) is 13.3. The van der Waals surface area contributed by atoms with Crippen molar-refractivity contribution in [1.29, 1.82) is 0 Å². The number of halogens is 1. The third kappa shape index (κ3) is 4.45. The van der Waals surface area contributed by atoms with Gasteiger partial charge in [0.1, 0.15) is 5.15 Å². The number of piperidine rings is 1. The van der Waals surface area contributed by atoms with Gasteiger partial charge in [0.2, 0.25) is 15.9 Å². The van der Waals surface area contributed by atoms with E-state index in [1.165, 1.54) is 21.1 Å². The van der Waals surface area contributed by atoms with Crippen LogP contribution in [0.2, 0.25) is 5.15 Å². The average Bonchev–Trinajstić information content (AvgIpc) is 2.92. The molecule has 2 heterocycles. The molecule has 1 aliphatic heterocycles. The smallest absolute Gasteiger partial charge is 0.248 e. The Labute approximate surface area is 170 Å². The van der Waals surface area contributed by atoms with Crippen molar-refractivity contribution in [2.75, 3.05) is 18.4 Å². The molecular weight excluding hydrogens is 400 g/mol. The minimum absolute atomic E-state index is 0.183. The van der Waals surface area contributed by atoms with Gasteiger partial charge in [-0.15, -0.1) is 0 Å². The van der Waals surface area contributed by atoms with Gasteiger partial charge in [-0.25, -0.2) is 8.42 Å². The molecular formula is C19H23ClN4O3S. The Morgan fingerprint density at radius 1 is 1.25 bits per heavy atom. The monoisotopic (exact) mass is 422 g/mol. The number of amides is 1. The van der Waals surface area contributed by atoms with Crippen LogP contribution >= 0.6 is 11.6 Å². The van der Waals surface area contributed by atoms with E-state index in [-0.39, 0.29) is 10.8 Å². The van der Waals surface area contributed by atoms with E-state index in [1.807, 2.05) is 0 Å². The maximum absolute atomic E-state index is 12.8. The van der Waals surface area contributed by atoms with Crippen LogP contribution in [0.25, 0.3) is 6.08 Å². The molecule has 150 valence electrons. The van der Waals surface area contributed by atoms with Crippen LogP contribution in [0.5, 0.6) is 0 Å². The fraction of sp³-hybridized carbons (Fsp3) is 0.368. The van der Waals surface area contributed by atoms with Crippen LogP contribution < -0.4 is 5.32 Å². The van der Waals surface area contributed by atoms with Crippen LogP contribution in [0, 0.1) is 6.92 Å². The van der Waals surface area contributed by atoms with Gasteiger partial charge in [-0.05, 0) is 44.0 Å². The highest BCUT2D eigenvalue weighted by Gasteiger charge is 2.26. The fourth-order valence-corrected chi connectivity index (χ4v) is 4.97. The summed E-state index contributed by atoms with van der Waals surface area (Å²) >= 11 is 6.15. The van der Waals surface area contributed by atoms with Crippen molar-refractivity contribution in [3.05, 3.63) is 46.8 Å². The van der Waals surface area contributed by atoms with Crippen LogP contribution in [0.1, 0.15) is 30.5 Å². The molecule has 0 saturated carbocycles. The van der Waals surface area contributed by atoms with Gasteiger partial charge in [0.05, 0.1) is 10.6 Å². The molecule has 3 rings (SSSR count). The highest BCUT2D eigenvalue weighted by molar-refractivity contribution is 7.89. The number of nitrogens with one attached hydrogen (secondary N) is 1. The molecule has 0 unspecified atom stereocenters. The zero-order valence-electron chi connectivity index (χ0n) is 15.9. The molecule has 0 radical (unpaired) electrons. The van der Waals surface area contributed by atoms with E-state index in [0.717, 1.165) is 19.3 Å². The number of carbonyl (C=O) groups is 1. The zero-order chi connectivity index (χ0) is 20.3. The Bertz CT molecular complexity index is 1010. The Morgan fingerprint density at radius 2 is 1.96 bits per heavy atom. The van der Waals surface area contributed by atoms with E-state index in [1.54, 1.807) is 38.2 Å². The molecule has 0 spiro atoms. The molecule has 1 N–H and O–H groups in total. The van der Waals surface area contributed by atoms with Crippen LogP contribution in [-0.4, -0.2) is 41.5 Å². The van der Waals surface area contributed by atoms with Gasteiger partial charge in [0, 0.05) is 37.5 Å². The normalized spacial score (nSPS) is 15.8. The highest BCUT2D eigenvalue weighted by atomic mass is 35.5. The third-order valence-corrected chi connectivity index (χ3v) is 6.99. The van der Waals surface area contributed by atoms with Crippen molar-refractivity contribution >= 4 is 39.3 Å². The second kappa shape index (κ2) is 8.46. The van der Waals surface area contributed by atoms with Gasteiger partial charge < -0.3 is 5.32 Å². The Kier molecular flexibility index (Phi) is 6.22. The minimum atomic E-state index is -3.55. The van der Waals surface area contributed by atoms with Crippen molar-refractivity contribution in [3.8, 4) is 0 Å². The largest absolute Gasteiger partial charge is 0.322 e. The number of anilines is 1. The summed E-state index contributed by atoms with van der Waals surface area (Å²) in [4.78, 5) is 12.4. The first-order valence-electron chi connectivity index (χ1n) is 9.07. The van der Waals surface area contributed by atoms with Gasteiger partial charge in [-0.2, -0.15) is 9.40 Å². The van der Waals surface area contributed by atoms with E-state index >= 15 is 0 Å². The summed E-state index contributed by atoms with van der Waals surface area (Å²) in [6.07, 6.45) is 5.73. The number of aryl methyl sites for hydroxylation is 2. The Morgan fingerprint density at radius 3 is 2.61 bits per heavy atom. The van der Waals surface area contributed by atoms with Crippen LogP contribution in [0.4, 0.5) is 5.69 Å². The lowest BCUT2D eigenvalue weighted by molar-refractivity contribution is -0.111. The van der Waals surface area contributed by atoms with Crippen LogP contribution in [0.3, 0.4) is 0 Å². The lowest BCUT2D eigenvalue weighted by Gasteiger charge is -2.26. The predicted octanol–water partition coefficient (Wildman–Crippen LogP) is 3.21. The number of hydrogen-bond acceptors (Lipinski definition) is 4. The topological polar surface area (TPSA) is 84.3 Å². The number of benzene rings is 1. The maximum Gasteiger partial charge on any atom is 0.248 e. The average molecular weight is 423 g/mol. The van der Waals surface area contributed by atoms with Gasteiger partial charge in [-0.1, -0.05) is 24.1 Å². The third-order valence-electron chi connectivity index (χ3n) is 4.65. The number of sulfonamides is 1. The van der Waals surface area contributed by atoms with Crippen LogP contribution in [-0.2, 0) is 21.9 Å². The molecule has 0 aliphatic carbocycles. The van der Waals surface area contributed by atoms with Crippen molar-refractivity contribution in [2.45, 2.75) is 31.1 Å². The molecule has 1 saturated heterocycles. The van der Waals surface area contributed by atoms with E-state index in [9.17, 15) is 13.2 Å². The SMILES string of the molecule is Cc1nn(C)c(Cl)c1/C=C/C(=O)Nc1cccc(S(=O)(=O)N2CCCCC2)c1. The molecule has 7 nitrogen and oxygen atoms in total. The summed E-state index contributed by atoms with van der Waals surface area (Å²) in [7, 11) is -1.83. The first-order valence-corrected chi connectivity index (χ1v) is 10.9. The second-order valence-electron chi connectivity index (χ2n) is 6.73.